The van der Waals surface area contributed by atoms with Crippen molar-refractivity contribution < 1.29 is 9.59 Å². The molecule has 1 saturated carbocycles. The van der Waals surface area contributed by atoms with Gasteiger partial charge in [0.25, 0.3) is 0 Å². The number of carbonyl (C=O) groups is 2. The number of rotatable bonds is 6. The summed E-state index contributed by atoms with van der Waals surface area (Å²) in [6.45, 7) is 6.27. The average molecular weight is 607 g/mol. The Bertz CT molecular complexity index is 1150. The van der Waals surface area contributed by atoms with Crippen LogP contribution in [-0.2, 0) is 16.1 Å². The highest BCUT2D eigenvalue weighted by Crippen LogP contribution is 2.43. The Morgan fingerprint density at radius 3 is 2.23 bits per heavy atom. The van der Waals surface area contributed by atoms with Crippen molar-refractivity contribution in [2.75, 3.05) is 39.3 Å². The first-order valence-electron chi connectivity index (χ1n) is 15.6. The molecule has 0 N–H and O–H groups in total. The first kappa shape index (κ1) is 28.0. The van der Waals surface area contributed by atoms with E-state index >= 15 is 0 Å². The van der Waals surface area contributed by atoms with Crippen LogP contribution in [0.15, 0.2) is 59.1 Å². The second-order valence-corrected chi connectivity index (χ2v) is 13.8. The summed E-state index contributed by atoms with van der Waals surface area (Å²) in [5, 5.41) is 0. The van der Waals surface area contributed by atoms with E-state index in [1.54, 1.807) is 0 Å². The number of halogens is 1. The SMILES string of the molecule is O=C(C1CCCCCC1)N1CC(CN2CCC3(CC2)CCN(Cc2ccc(Br)cc2)C3=O)C(c2ccccc2)C1. The molecule has 6 rings (SSSR count). The van der Waals surface area contributed by atoms with Gasteiger partial charge in [-0.15, -0.1) is 0 Å². The van der Waals surface area contributed by atoms with Crippen LogP contribution in [0.4, 0.5) is 0 Å². The molecular weight excluding hydrogens is 562 g/mol. The maximum absolute atomic E-state index is 13.6. The number of benzene rings is 2. The van der Waals surface area contributed by atoms with E-state index in [1.165, 1.54) is 36.8 Å². The summed E-state index contributed by atoms with van der Waals surface area (Å²) in [6, 6.07) is 19.2. The van der Waals surface area contributed by atoms with Crippen molar-refractivity contribution in [1.29, 1.82) is 0 Å². The lowest BCUT2D eigenvalue weighted by Gasteiger charge is -2.39. The van der Waals surface area contributed by atoms with Gasteiger partial charge >= 0.3 is 0 Å². The first-order chi connectivity index (χ1) is 19.5. The number of nitrogens with zero attached hydrogens (tertiary/aromatic N) is 3. The van der Waals surface area contributed by atoms with Crippen LogP contribution in [0.3, 0.4) is 0 Å². The fourth-order valence-electron chi connectivity index (χ4n) is 7.91. The Morgan fingerprint density at radius 1 is 0.850 bits per heavy atom. The Morgan fingerprint density at radius 2 is 1.52 bits per heavy atom. The number of hydrogen-bond donors (Lipinski definition) is 0. The Hall–Kier alpha value is -2.18. The third-order valence-corrected chi connectivity index (χ3v) is 10.9. The molecule has 2 amide bonds. The van der Waals surface area contributed by atoms with Crippen molar-refractivity contribution in [3.05, 3.63) is 70.2 Å². The maximum Gasteiger partial charge on any atom is 0.229 e. The van der Waals surface area contributed by atoms with Gasteiger partial charge in [-0.3, -0.25) is 9.59 Å². The Labute approximate surface area is 248 Å². The molecule has 0 aromatic heterocycles. The van der Waals surface area contributed by atoms with Crippen molar-refractivity contribution in [2.24, 2.45) is 17.3 Å². The van der Waals surface area contributed by atoms with E-state index < -0.39 is 0 Å². The van der Waals surface area contributed by atoms with Crippen LogP contribution in [-0.4, -0.2) is 65.8 Å². The lowest BCUT2D eigenvalue weighted by molar-refractivity contribution is -0.139. The van der Waals surface area contributed by atoms with Gasteiger partial charge in [-0.25, -0.2) is 0 Å². The zero-order valence-corrected chi connectivity index (χ0v) is 25.4. The molecule has 4 aliphatic rings. The summed E-state index contributed by atoms with van der Waals surface area (Å²) < 4.78 is 1.07. The van der Waals surface area contributed by atoms with Crippen molar-refractivity contribution in [1.82, 2.24) is 14.7 Å². The number of hydrogen-bond acceptors (Lipinski definition) is 3. The van der Waals surface area contributed by atoms with E-state index in [-0.39, 0.29) is 11.3 Å². The lowest BCUT2D eigenvalue weighted by atomic mass is 9.76. The molecule has 1 spiro atoms. The first-order valence-corrected chi connectivity index (χ1v) is 16.4. The molecule has 40 heavy (non-hydrogen) atoms. The summed E-state index contributed by atoms with van der Waals surface area (Å²) >= 11 is 3.51. The second-order valence-electron chi connectivity index (χ2n) is 12.9. The van der Waals surface area contributed by atoms with E-state index in [9.17, 15) is 9.59 Å². The molecule has 3 aliphatic heterocycles. The van der Waals surface area contributed by atoms with Gasteiger partial charge in [0.05, 0.1) is 5.41 Å². The normalized spacial score (nSPS) is 26.0. The van der Waals surface area contributed by atoms with E-state index in [0.717, 1.165) is 75.8 Å². The topological polar surface area (TPSA) is 43.9 Å². The molecule has 0 radical (unpaired) electrons. The predicted molar refractivity (Wildman–Crippen MR) is 163 cm³/mol. The number of piperidine rings is 1. The van der Waals surface area contributed by atoms with Crippen molar-refractivity contribution in [3.63, 3.8) is 0 Å². The molecule has 3 saturated heterocycles. The molecule has 2 unspecified atom stereocenters. The molecule has 6 heteroatoms. The van der Waals surface area contributed by atoms with Crippen molar-refractivity contribution in [3.8, 4) is 0 Å². The smallest absolute Gasteiger partial charge is 0.229 e. The maximum atomic E-state index is 13.6. The van der Waals surface area contributed by atoms with E-state index in [4.69, 9.17) is 0 Å². The number of carbonyl (C=O) groups excluding carboxylic acids is 2. The minimum absolute atomic E-state index is 0.179. The van der Waals surface area contributed by atoms with Gasteiger partial charge < -0.3 is 14.7 Å². The molecule has 0 bridgehead atoms. The van der Waals surface area contributed by atoms with Crippen LogP contribution in [0.25, 0.3) is 0 Å². The van der Waals surface area contributed by atoms with Gasteiger partial charge in [-0.1, -0.05) is 84.1 Å². The summed E-state index contributed by atoms with van der Waals surface area (Å²) in [7, 11) is 0. The summed E-state index contributed by atoms with van der Waals surface area (Å²) in [6.07, 6.45) is 9.98. The van der Waals surface area contributed by atoms with Gasteiger partial charge in [0, 0.05) is 49.0 Å². The molecule has 214 valence electrons. The van der Waals surface area contributed by atoms with Gasteiger partial charge in [-0.2, -0.15) is 0 Å². The third-order valence-electron chi connectivity index (χ3n) is 10.4. The lowest BCUT2D eigenvalue weighted by Crippen LogP contribution is -2.46. The Kier molecular flexibility index (Phi) is 8.64. The molecule has 2 aromatic rings. The molecule has 4 fully saturated rings. The minimum Gasteiger partial charge on any atom is -0.341 e. The van der Waals surface area contributed by atoms with Gasteiger partial charge in [0.2, 0.25) is 11.8 Å². The molecule has 1 aliphatic carbocycles. The average Bonchev–Trinajstić information content (AvgIpc) is 3.39. The monoisotopic (exact) mass is 605 g/mol. The molecular formula is C34H44BrN3O2. The molecule has 2 atom stereocenters. The highest BCUT2D eigenvalue weighted by Gasteiger charge is 2.48. The van der Waals surface area contributed by atoms with Crippen molar-refractivity contribution >= 4 is 27.7 Å². The summed E-state index contributed by atoms with van der Waals surface area (Å²) in [4.78, 5) is 34.1. The van der Waals surface area contributed by atoms with Crippen LogP contribution in [0.5, 0.6) is 0 Å². The minimum atomic E-state index is -0.179. The molecule has 3 heterocycles. The van der Waals surface area contributed by atoms with Crippen LogP contribution in [0.1, 0.15) is 74.8 Å². The summed E-state index contributed by atoms with van der Waals surface area (Å²) in [5.41, 5.74) is 2.39. The highest BCUT2D eigenvalue weighted by molar-refractivity contribution is 9.10. The number of amides is 2. The van der Waals surface area contributed by atoms with E-state index in [0.29, 0.717) is 30.2 Å². The van der Waals surface area contributed by atoms with Gasteiger partial charge in [0.1, 0.15) is 0 Å². The van der Waals surface area contributed by atoms with Crippen LogP contribution in [0, 0.1) is 17.3 Å². The van der Waals surface area contributed by atoms with Gasteiger partial charge in [-0.05, 0) is 74.4 Å². The zero-order valence-electron chi connectivity index (χ0n) is 23.8. The third kappa shape index (κ3) is 6.04. The largest absolute Gasteiger partial charge is 0.341 e. The highest BCUT2D eigenvalue weighted by atomic mass is 79.9. The second kappa shape index (κ2) is 12.4. The van der Waals surface area contributed by atoms with Crippen LogP contribution < -0.4 is 0 Å². The number of likely N-dealkylation sites (tertiary alicyclic amines) is 3. The van der Waals surface area contributed by atoms with Crippen LogP contribution >= 0.6 is 15.9 Å². The molecule has 5 nitrogen and oxygen atoms in total. The molecule has 2 aromatic carbocycles. The predicted octanol–water partition coefficient (Wildman–Crippen LogP) is 6.48. The fraction of sp³-hybridized carbons (Fsp3) is 0.588. The quantitative estimate of drug-likeness (QED) is 0.354. The Balaban J connectivity index is 1.08. The van der Waals surface area contributed by atoms with Crippen LogP contribution in [0.2, 0.25) is 0 Å². The zero-order chi connectivity index (χ0) is 27.5. The standard InChI is InChI=1S/C34H44BrN3O2/c35-30-14-12-26(13-15-30)22-37-21-18-34(33(37)40)16-19-36(20-17-34)23-29-24-38(25-31(29)27-8-6-3-7-9-27)32(39)28-10-4-1-2-5-11-28/h3,6-9,12-15,28-29,31H,1-2,4-5,10-11,16-25H2. The van der Waals surface area contributed by atoms with Gasteiger partial charge in [0.15, 0.2) is 0 Å². The van der Waals surface area contributed by atoms with E-state index in [1.807, 2.05) is 0 Å². The van der Waals surface area contributed by atoms with Crippen molar-refractivity contribution in [2.45, 2.75) is 70.3 Å². The fourth-order valence-corrected chi connectivity index (χ4v) is 8.18. The summed E-state index contributed by atoms with van der Waals surface area (Å²) in [5.74, 6) is 1.82. The van der Waals surface area contributed by atoms with E-state index in [2.05, 4.69) is 85.2 Å².